The van der Waals surface area contributed by atoms with E-state index in [9.17, 15) is 5.26 Å². The van der Waals surface area contributed by atoms with E-state index in [1.54, 1.807) is 12.3 Å². The summed E-state index contributed by atoms with van der Waals surface area (Å²) in [5.41, 5.74) is 4.18. The van der Waals surface area contributed by atoms with Gasteiger partial charge >= 0.3 is 0 Å². The van der Waals surface area contributed by atoms with Crippen molar-refractivity contribution < 1.29 is 9.26 Å². The summed E-state index contributed by atoms with van der Waals surface area (Å²) < 4.78 is 13.1. The van der Waals surface area contributed by atoms with Crippen LogP contribution >= 0.6 is 0 Å². The predicted octanol–water partition coefficient (Wildman–Crippen LogP) is 3.77. The van der Waals surface area contributed by atoms with E-state index in [4.69, 9.17) is 14.2 Å². The Labute approximate surface area is 161 Å². The first-order chi connectivity index (χ1) is 13.7. The van der Waals surface area contributed by atoms with Crippen LogP contribution in [0.4, 0.5) is 0 Å². The number of nitrogens with zero attached hydrogens (tertiary/aromatic N) is 5. The molecule has 2 atom stereocenters. The van der Waals surface area contributed by atoms with E-state index < -0.39 is 0 Å². The Morgan fingerprint density at radius 3 is 3.00 bits per heavy atom. The van der Waals surface area contributed by atoms with E-state index >= 15 is 0 Å². The molecule has 0 amide bonds. The first-order valence-corrected chi connectivity index (χ1v) is 9.43. The van der Waals surface area contributed by atoms with Crippen LogP contribution in [0.3, 0.4) is 0 Å². The minimum absolute atomic E-state index is 0.193. The zero-order valence-corrected chi connectivity index (χ0v) is 15.5. The number of rotatable bonds is 3. The number of hydrogen-bond donors (Lipinski definition) is 0. The monoisotopic (exact) mass is 373 g/mol. The maximum absolute atomic E-state index is 9.37. The van der Waals surface area contributed by atoms with E-state index in [1.807, 2.05) is 24.4 Å². The molecule has 140 valence electrons. The largest absolute Gasteiger partial charge is 0.378 e. The second-order valence-corrected chi connectivity index (χ2v) is 7.26. The van der Waals surface area contributed by atoms with Gasteiger partial charge in [0.2, 0.25) is 0 Å². The molecule has 4 aromatic rings. The SMILES string of the molecule is C[C@H]1C[C@H](n2c(Cc3ccon3)nc3cnc4ccc(C#N)cc4c32)CCO1. The molecule has 0 unspecified atom stereocenters. The van der Waals surface area contributed by atoms with E-state index in [1.165, 1.54) is 0 Å². The number of benzene rings is 1. The summed E-state index contributed by atoms with van der Waals surface area (Å²) in [6, 6.07) is 9.97. The number of nitriles is 1. The Bertz CT molecular complexity index is 1190. The molecule has 0 saturated carbocycles. The number of fused-ring (bicyclic) bond motifs is 3. The molecule has 0 bridgehead atoms. The van der Waals surface area contributed by atoms with Crippen LogP contribution in [-0.4, -0.2) is 32.4 Å². The maximum atomic E-state index is 9.37. The van der Waals surface area contributed by atoms with E-state index in [2.05, 4.69) is 27.7 Å². The topological polar surface area (TPSA) is 89.8 Å². The normalized spacial score (nSPS) is 19.9. The molecule has 1 aliphatic rings. The third-order valence-corrected chi connectivity index (χ3v) is 5.37. The lowest BCUT2D eigenvalue weighted by Crippen LogP contribution is -2.26. The van der Waals surface area contributed by atoms with Crippen LogP contribution in [0.25, 0.3) is 21.9 Å². The standard InChI is InChI=1S/C21H19N5O2/c1-13-8-16(5-6-27-13)26-20(10-15-4-7-28-25-15)24-19-12-23-18-3-2-14(11-22)9-17(18)21(19)26/h2-4,7,9,12-13,16H,5-6,8,10H2,1H3/t13-,16+/m0/s1. The fraction of sp³-hybridized carbons (Fsp3) is 0.333. The molecule has 7 heteroatoms. The van der Waals surface area contributed by atoms with Crippen LogP contribution in [-0.2, 0) is 11.2 Å². The van der Waals surface area contributed by atoms with Crippen molar-refractivity contribution in [2.45, 2.75) is 38.3 Å². The zero-order valence-electron chi connectivity index (χ0n) is 15.5. The van der Waals surface area contributed by atoms with Crippen molar-refractivity contribution in [1.29, 1.82) is 5.26 Å². The van der Waals surface area contributed by atoms with E-state index in [0.717, 1.165) is 52.9 Å². The van der Waals surface area contributed by atoms with Crippen LogP contribution in [0, 0.1) is 11.3 Å². The quantitative estimate of drug-likeness (QED) is 0.543. The summed E-state index contributed by atoms with van der Waals surface area (Å²) in [6.45, 7) is 2.83. The summed E-state index contributed by atoms with van der Waals surface area (Å²) in [6.07, 6.45) is 6.00. The van der Waals surface area contributed by atoms with E-state index in [0.29, 0.717) is 12.0 Å². The number of pyridine rings is 1. The third kappa shape index (κ3) is 2.83. The van der Waals surface area contributed by atoms with Gasteiger partial charge in [-0.15, -0.1) is 0 Å². The molecule has 1 fully saturated rings. The van der Waals surface area contributed by atoms with Crippen LogP contribution in [0.1, 0.15) is 42.9 Å². The Balaban J connectivity index is 1.77. The Hall–Kier alpha value is -3.24. The smallest absolute Gasteiger partial charge is 0.124 e. The lowest BCUT2D eigenvalue weighted by molar-refractivity contribution is 0.00630. The zero-order chi connectivity index (χ0) is 19.1. The van der Waals surface area contributed by atoms with Gasteiger partial charge in [0, 0.05) is 24.1 Å². The Morgan fingerprint density at radius 2 is 2.21 bits per heavy atom. The molecule has 1 aliphatic heterocycles. The summed E-state index contributed by atoms with van der Waals surface area (Å²) in [5, 5.41) is 14.4. The van der Waals surface area contributed by atoms with Gasteiger partial charge in [0.15, 0.2) is 0 Å². The molecule has 1 saturated heterocycles. The molecule has 7 nitrogen and oxygen atoms in total. The van der Waals surface area contributed by atoms with Gasteiger partial charge in [-0.25, -0.2) is 4.98 Å². The number of ether oxygens (including phenoxy) is 1. The van der Waals surface area contributed by atoms with Crippen LogP contribution < -0.4 is 0 Å². The van der Waals surface area contributed by atoms with Gasteiger partial charge in [0.05, 0.1) is 47.1 Å². The van der Waals surface area contributed by atoms with Gasteiger partial charge in [-0.3, -0.25) is 4.98 Å². The van der Waals surface area contributed by atoms with Crippen molar-refractivity contribution in [3.05, 3.63) is 53.8 Å². The lowest BCUT2D eigenvalue weighted by atomic mass is 10.0. The van der Waals surface area contributed by atoms with Crippen LogP contribution in [0.2, 0.25) is 0 Å². The van der Waals surface area contributed by atoms with Crippen molar-refractivity contribution in [2.75, 3.05) is 6.61 Å². The molecule has 0 aliphatic carbocycles. The molecular formula is C21H19N5O2. The summed E-state index contributed by atoms with van der Waals surface area (Å²) in [4.78, 5) is 9.44. The summed E-state index contributed by atoms with van der Waals surface area (Å²) in [7, 11) is 0. The van der Waals surface area contributed by atoms with Crippen LogP contribution in [0.5, 0.6) is 0 Å². The Morgan fingerprint density at radius 1 is 1.29 bits per heavy atom. The molecule has 0 N–H and O–H groups in total. The minimum atomic E-state index is 0.193. The Kier molecular flexibility index (Phi) is 4.06. The average Bonchev–Trinajstić information content (AvgIpc) is 3.35. The highest BCUT2D eigenvalue weighted by Crippen LogP contribution is 2.34. The minimum Gasteiger partial charge on any atom is -0.378 e. The van der Waals surface area contributed by atoms with Gasteiger partial charge in [-0.05, 0) is 38.0 Å². The molecule has 5 rings (SSSR count). The van der Waals surface area contributed by atoms with Gasteiger partial charge < -0.3 is 13.8 Å². The summed E-state index contributed by atoms with van der Waals surface area (Å²) in [5.74, 6) is 0.930. The van der Waals surface area contributed by atoms with E-state index in [-0.39, 0.29) is 12.1 Å². The highest BCUT2D eigenvalue weighted by atomic mass is 16.5. The van der Waals surface area contributed by atoms with Gasteiger partial charge in [-0.2, -0.15) is 5.26 Å². The van der Waals surface area contributed by atoms with Crippen molar-refractivity contribution in [3.8, 4) is 6.07 Å². The molecule has 1 aromatic carbocycles. The van der Waals surface area contributed by atoms with Crippen molar-refractivity contribution in [2.24, 2.45) is 0 Å². The van der Waals surface area contributed by atoms with Gasteiger partial charge in [0.1, 0.15) is 17.6 Å². The number of aromatic nitrogens is 4. The lowest BCUT2D eigenvalue weighted by Gasteiger charge is -2.30. The highest BCUT2D eigenvalue weighted by Gasteiger charge is 2.26. The molecule has 4 heterocycles. The first-order valence-electron chi connectivity index (χ1n) is 9.43. The summed E-state index contributed by atoms with van der Waals surface area (Å²) >= 11 is 0. The van der Waals surface area contributed by atoms with Crippen molar-refractivity contribution >= 4 is 21.9 Å². The average molecular weight is 373 g/mol. The second kappa shape index (κ2) is 6.73. The molecule has 0 radical (unpaired) electrons. The third-order valence-electron chi connectivity index (χ3n) is 5.37. The fourth-order valence-electron chi connectivity index (χ4n) is 4.11. The first kappa shape index (κ1) is 16.9. The highest BCUT2D eigenvalue weighted by molar-refractivity contribution is 6.02. The molecule has 28 heavy (non-hydrogen) atoms. The van der Waals surface area contributed by atoms with Gasteiger partial charge in [0.25, 0.3) is 0 Å². The number of imidazole rings is 1. The van der Waals surface area contributed by atoms with Crippen molar-refractivity contribution in [3.63, 3.8) is 0 Å². The number of hydrogen-bond acceptors (Lipinski definition) is 6. The predicted molar refractivity (Wildman–Crippen MR) is 103 cm³/mol. The second-order valence-electron chi connectivity index (χ2n) is 7.26. The molecule has 0 spiro atoms. The van der Waals surface area contributed by atoms with Crippen LogP contribution in [0.15, 0.2) is 41.2 Å². The van der Waals surface area contributed by atoms with Gasteiger partial charge in [-0.1, -0.05) is 5.16 Å². The van der Waals surface area contributed by atoms with Crippen molar-refractivity contribution in [1.82, 2.24) is 19.7 Å². The maximum Gasteiger partial charge on any atom is 0.124 e. The molecule has 3 aromatic heterocycles. The molecular weight excluding hydrogens is 354 g/mol. The fourth-order valence-corrected chi connectivity index (χ4v) is 4.11.